The van der Waals surface area contributed by atoms with Crippen molar-refractivity contribution in [1.29, 1.82) is 0 Å². The van der Waals surface area contributed by atoms with Gasteiger partial charge in [0, 0.05) is 20.4 Å². The van der Waals surface area contributed by atoms with Gasteiger partial charge in [-0.05, 0) is 31.0 Å². The molecule has 1 fully saturated rings. The monoisotopic (exact) mass is 302 g/mol. The minimum atomic E-state index is 0.280. The van der Waals surface area contributed by atoms with Gasteiger partial charge in [0.2, 0.25) is 0 Å². The van der Waals surface area contributed by atoms with E-state index in [2.05, 4.69) is 31.9 Å². The van der Waals surface area contributed by atoms with Crippen molar-refractivity contribution < 1.29 is 4.79 Å². The van der Waals surface area contributed by atoms with Gasteiger partial charge in [-0.25, -0.2) is 0 Å². The number of hydrogen-bond acceptors (Lipinski definition) is 1. The summed E-state index contributed by atoms with van der Waals surface area (Å²) >= 11 is 6.74. The van der Waals surface area contributed by atoms with E-state index in [1.54, 1.807) is 0 Å². The van der Waals surface area contributed by atoms with Crippen LogP contribution in [-0.2, 0) is 0 Å². The third-order valence-corrected chi connectivity index (χ3v) is 3.01. The van der Waals surface area contributed by atoms with Crippen LogP contribution in [0.3, 0.4) is 0 Å². The molecule has 3 heteroatoms. The predicted molar refractivity (Wildman–Crippen MR) is 58.9 cm³/mol. The second kappa shape index (κ2) is 3.54. The Hall–Kier alpha value is -0.150. The van der Waals surface area contributed by atoms with Crippen LogP contribution in [0, 0.1) is 5.92 Å². The molecule has 0 radical (unpaired) electrons. The first-order chi connectivity index (χ1) is 6.16. The smallest absolute Gasteiger partial charge is 0.166 e. The highest BCUT2D eigenvalue weighted by Gasteiger charge is 2.30. The highest BCUT2D eigenvalue weighted by Crippen LogP contribution is 2.33. The summed E-state index contributed by atoms with van der Waals surface area (Å²) in [4.78, 5) is 11.7. The molecule has 0 atom stereocenters. The Morgan fingerprint density at radius 1 is 1.15 bits per heavy atom. The van der Waals surface area contributed by atoms with Crippen molar-refractivity contribution in [3.8, 4) is 0 Å². The van der Waals surface area contributed by atoms with Crippen LogP contribution in [0.1, 0.15) is 23.2 Å². The Balaban J connectivity index is 2.33. The lowest BCUT2D eigenvalue weighted by Gasteiger charge is -2.00. The van der Waals surface area contributed by atoms with Crippen molar-refractivity contribution in [1.82, 2.24) is 0 Å². The molecule has 13 heavy (non-hydrogen) atoms. The molecule has 1 aromatic carbocycles. The zero-order valence-corrected chi connectivity index (χ0v) is 10.1. The van der Waals surface area contributed by atoms with Crippen LogP contribution in [0.15, 0.2) is 27.1 Å². The van der Waals surface area contributed by atoms with Crippen molar-refractivity contribution in [2.45, 2.75) is 12.8 Å². The number of carbonyl (C=O) groups is 1. The first-order valence-corrected chi connectivity index (χ1v) is 5.76. The maximum atomic E-state index is 11.7. The molecule has 0 aliphatic heterocycles. The Bertz CT molecular complexity index is 336. The van der Waals surface area contributed by atoms with E-state index >= 15 is 0 Å². The van der Waals surface area contributed by atoms with E-state index in [1.807, 2.05) is 18.2 Å². The average molecular weight is 304 g/mol. The van der Waals surface area contributed by atoms with Crippen LogP contribution >= 0.6 is 31.9 Å². The summed E-state index contributed by atoms with van der Waals surface area (Å²) in [5.41, 5.74) is 0.809. The van der Waals surface area contributed by atoms with Gasteiger partial charge in [0.25, 0.3) is 0 Å². The third kappa shape index (κ3) is 2.20. The molecule has 0 amide bonds. The van der Waals surface area contributed by atoms with Gasteiger partial charge in [0.1, 0.15) is 0 Å². The Morgan fingerprint density at radius 2 is 1.69 bits per heavy atom. The van der Waals surface area contributed by atoms with Gasteiger partial charge < -0.3 is 0 Å². The molecule has 0 heterocycles. The maximum absolute atomic E-state index is 11.7. The van der Waals surface area contributed by atoms with E-state index in [1.165, 1.54) is 0 Å². The topological polar surface area (TPSA) is 17.1 Å². The molecule has 0 bridgehead atoms. The molecule has 1 aliphatic carbocycles. The van der Waals surface area contributed by atoms with Crippen LogP contribution in [0.4, 0.5) is 0 Å². The number of halogens is 2. The Morgan fingerprint density at radius 3 is 2.15 bits per heavy atom. The fraction of sp³-hybridized carbons (Fsp3) is 0.300. The van der Waals surface area contributed by atoms with E-state index in [9.17, 15) is 4.79 Å². The predicted octanol–water partition coefficient (Wildman–Crippen LogP) is 3.80. The van der Waals surface area contributed by atoms with Crippen molar-refractivity contribution in [3.05, 3.63) is 32.7 Å². The van der Waals surface area contributed by atoms with Gasteiger partial charge >= 0.3 is 0 Å². The first-order valence-electron chi connectivity index (χ1n) is 4.17. The summed E-state index contributed by atoms with van der Waals surface area (Å²) in [5, 5.41) is 0. The SMILES string of the molecule is O=C(c1cc(Br)cc(Br)c1)C1CC1. The molecular weight excluding hydrogens is 296 g/mol. The summed E-state index contributed by atoms with van der Waals surface area (Å²) in [6.45, 7) is 0. The van der Waals surface area contributed by atoms with E-state index in [-0.39, 0.29) is 5.78 Å². The fourth-order valence-corrected chi connectivity index (χ4v) is 2.57. The molecule has 0 aromatic heterocycles. The van der Waals surface area contributed by atoms with Gasteiger partial charge in [-0.2, -0.15) is 0 Å². The standard InChI is InChI=1S/C10H8Br2O/c11-8-3-7(4-9(12)5-8)10(13)6-1-2-6/h3-6H,1-2H2. The summed E-state index contributed by atoms with van der Waals surface area (Å²) in [6, 6.07) is 5.69. The van der Waals surface area contributed by atoms with Gasteiger partial charge in [-0.15, -0.1) is 0 Å². The third-order valence-electron chi connectivity index (χ3n) is 2.10. The van der Waals surface area contributed by atoms with E-state index < -0.39 is 0 Å². The number of ketones is 1. The molecule has 2 rings (SSSR count). The molecule has 1 saturated carbocycles. The highest BCUT2D eigenvalue weighted by atomic mass is 79.9. The van der Waals surface area contributed by atoms with Gasteiger partial charge in [-0.1, -0.05) is 31.9 Å². The van der Waals surface area contributed by atoms with Gasteiger partial charge in [-0.3, -0.25) is 4.79 Å². The van der Waals surface area contributed by atoms with Crippen molar-refractivity contribution in [2.24, 2.45) is 5.92 Å². The zero-order valence-electron chi connectivity index (χ0n) is 6.89. The van der Waals surface area contributed by atoms with Crippen LogP contribution in [-0.4, -0.2) is 5.78 Å². The summed E-state index contributed by atoms with van der Waals surface area (Å²) in [5.74, 6) is 0.572. The lowest BCUT2D eigenvalue weighted by molar-refractivity contribution is 0.0967. The number of carbonyl (C=O) groups excluding carboxylic acids is 1. The summed E-state index contributed by atoms with van der Waals surface area (Å²) < 4.78 is 1.90. The quantitative estimate of drug-likeness (QED) is 0.760. The Labute approximate surface area is 93.8 Å². The Kier molecular flexibility index (Phi) is 2.56. The molecule has 1 aliphatic rings. The molecule has 0 saturated heterocycles. The lowest BCUT2D eigenvalue weighted by Crippen LogP contribution is -2.00. The van der Waals surface area contributed by atoms with Crippen molar-refractivity contribution >= 4 is 37.6 Å². The summed E-state index contributed by atoms with van der Waals surface area (Å²) in [7, 11) is 0. The number of rotatable bonds is 2. The van der Waals surface area contributed by atoms with Crippen LogP contribution in [0.25, 0.3) is 0 Å². The lowest BCUT2D eigenvalue weighted by atomic mass is 10.1. The average Bonchev–Trinajstić information content (AvgIpc) is 2.83. The summed E-state index contributed by atoms with van der Waals surface area (Å²) in [6.07, 6.45) is 2.12. The first kappa shape index (κ1) is 9.41. The van der Waals surface area contributed by atoms with Crippen molar-refractivity contribution in [3.63, 3.8) is 0 Å². The van der Waals surface area contributed by atoms with Crippen molar-refractivity contribution in [2.75, 3.05) is 0 Å². The maximum Gasteiger partial charge on any atom is 0.166 e. The molecule has 68 valence electrons. The molecule has 1 nitrogen and oxygen atoms in total. The normalized spacial score (nSPS) is 15.8. The number of Topliss-reactive ketones (excluding diaryl/α,β-unsaturated/α-hetero) is 1. The van der Waals surface area contributed by atoms with Crippen LogP contribution < -0.4 is 0 Å². The fourth-order valence-electron chi connectivity index (χ4n) is 1.28. The zero-order chi connectivity index (χ0) is 9.42. The minimum Gasteiger partial charge on any atom is -0.294 e. The molecule has 0 spiro atoms. The van der Waals surface area contributed by atoms with Gasteiger partial charge in [0.15, 0.2) is 5.78 Å². The molecule has 0 N–H and O–H groups in total. The number of hydrogen-bond donors (Lipinski definition) is 0. The van der Waals surface area contributed by atoms with E-state index in [0.717, 1.165) is 27.4 Å². The molecule has 1 aromatic rings. The minimum absolute atomic E-state index is 0.280. The van der Waals surface area contributed by atoms with E-state index in [4.69, 9.17) is 0 Å². The number of benzene rings is 1. The highest BCUT2D eigenvalue weighted by molar-refractivity contribution is 9.11. The van der Waals surface area contributed by atoms with Gasteiger partial charge in [0.05, 0.1) is 0 Å². The van der Waals surface area contributed by atoms with E-state index in [0.29, 0.717) is 5.92 Å². The van der Waals surface area contributed by atoms with Crippen LogP contribution in [0.2, 0.25) is 0 Å². The van der Waals surface area contributed by atoms with Crippen LogP contribution in [0.5, 0.6) is 0 Å². The molecular formula is C10H8Br2O. The second-order valence-electron chi connectivity index (χ2n) is 3.30. The molecule has 0 unspecified atom stereocenters. The largest absolute Gasteiger partial charge is 0.294 e. The second-order valence-corrected chi connectivity index (χ2v) is 5.13.